The molecule has 0 saturated carbocycles. The average molecular weight is 263 g/mol. The van der Waals surface area contributed by atoms with Crippen LogP contribution in [0, 0.1) is 5.41 Å². The van der Waals surface area contributed by atoms with Gasteiger partial charge in [-0.15, -0.1) is 0 Å². The highest BCUT2D eigenvalue weighted by atomic mass is 79.9. The molecule has 0 aliphatic heterocycles. The second kappa shape index (κ2) is 4.66. The van der Waals surface area contributed by atoms with Gasteiger partial charge in [-0.2, -0.15) is 0 Å². The number of alkyl halides is 2. The van der Waals surface area contributed by atoms with Crippen LogP contribution in [0.3, 0.4) is 0 Å². The Morgan fingerprint density at radius 3 is 2.00 bits per heavy atom. The summed E-state index contributed by atoms with van der Waals surface area (Å²) in [5.41, 5.74) is -0.345. The van der Waals surface area contributed by atoms with E-state index in [1.807, 2.05) is 0 Å². The van der Waals surface area contributed by atoms with Crippen molar-refractivity contribution in [3.8, 4) is 0 Å². The topological polar surface area (TPSA) is 40.5 Å². The van der Waals surface area contributed by atoms with E-state index in [9.17, 15) is 0 Å². The van der Waals surface area contributed by atoms with Crippen molar-refractivity contribution >= 4 is 31.9 Å². The van der Waals surface area contributed by atoms with E-state index in [1.54, 1.807) is 0 Å². The van der Waals surface area contributed by atoms with Crippen LogP contribution in [0.2, 0.25) is 0 Å². The van der Waals surface area contributed by atoms with Crippen LogP contribution in [0.1, 0.15) is 0 Å². The third kappa shape index (κ3) is 2.53. The standard InChI is InChI=1S/C5H10Br2O2/c6-1-5(2-7,3-8)4-9/h8-9H,1-4H2/i8D. The molecule has 0 aliphatic carbocycles. The summed E-state index contributed by atoms with van der Waals surface area (Å²) in [5, 5.41) is 14.3. The minimum absolute atomic E-state index is 0.0162. The van der Waals surface area contributed by atoms with Crippen LogP contribution >= 0.6 is 31.9 Å². The lowest BCUT2D eigenvalue weighted by Gasteiger charge is -2.23. The molecule has 0 unspecified atom stereocenters. The molecule has 0 bridgehead atoms. The Morgan fingerprint density at radius 1 is 1.33 bits per heavy atom. The Balaban J connectivity index is 3.87. The third-order valence-corrected chi connectivity index (χ3v) is 3.59. The molecule has 0 amide bonds. The first kappa shape index (κ1) is 7.98. The number of hydrogen-bond acceptors (Lipinski definition) is 2. The molecular formula is C5H10Br2O2. The van der Waals surface area contributed by atoms with Crippen molar-refractivity contribution < 1.29 is 10.2 Å². The number of hydrogen-bond donors (Lipinski definition) is 2. The van der Waals surface area contributed by atoms with Crippen molar-refractivity contribution in [3.63, 3.8) is 0 Å². The molecular weight excluding hydrogens is 252 g/mol. The van der Waals surface area contributed by atoms with E-state index < -0.39 is 0 Å². The monoisotopic (exact) mass is 261 g/mol. The van der Waals surface area contributed by atoms with Crippen molar-refractivity contribution in [2.75, 3.05) is 23.9 Å². The van der Waals surface area contributed by atoms with Gasteiger partial charge in [0.1, 0.15) is 0 Å². The molecule has 0 aromatic carbocycles. The molecule has 56 valence electrons. The molecule has 0 aromatic rings. The van der Waals surface area contributed by atoms with Crippen LogP contribution < -0.4 is 0 Å². The smallest absolute Gasteiger partial charge is 0.210 e. The summed E-state index contributed by atoms with van der Waals surface area (Å²) in [4.78, 5) is 0. The molecule has 0 fully saturated rings. The lowest BCUT2D eigenvalue weighted by Crippen LogP contribution is -2.33. The summed E-state index contributed by atoms with van der Waals surface area (Å²) < 4.78 is 6.52. The fourth-order valence-corrected chi connectivity index (χ4v) is 1.85. The molecule has 0 aromatic heterocycles. The van der Waals surface area contributed by atoms with Crippen LogP contribution in [0.5, 0.6) is 0 Å². The van der Waals surface area contributed by atoms with Crippen molar-refractivity contribution in [3.05, 3.63) is 0 Å². The summed E-state index contributed by atoms with van der Waals surface area (Å²) in [6.45, 7) is 0.252. The normalized spacial score (nSPS) is 13.4. The van der Waals surface area contributed by atoms with E-state index in [4.69, 9.17) is 6.54 Å². The summed E-state index contributed by atoms with van der Waals surface area (Å²) in [5.74, 6) is 0. The summed E-state index contributed by atoms with van der Waals surface area (Å²) in [7, 11) is 0. The van der Waals surface area contributed by atoms with Gasteiger partial charge < -0.3 is 10.2 Å². The zero-order chi connectivity index (χ0) is 8.04. The van der Waals surface area contributed by atoms with Gasteiger partial charge in [-0.1, -0.05) is 31.9 Å². The van der Waals surface area contributed by atoms with E-state index in [0.29, 0.717) is 10.7 Å². The van der Waals surface area contributed by atoms with Gasteiger partial charge in [0.2, 0.25) is 1.43 Å². The summed E-state index contributed by atoms with van der Waals surface area (Å²) in [6, 6.07) is 0. The number of aliphatic hydroxyl groups excluding tert-OH is 2. The highest BCUT2D eigenvalue weighted by Crippen LogP contribution is 2.20. The van der Waals surface area contributed by atoms with Gasteiger partial charge in [-0.25, -0.2) is 0 Å². The van der Waals surface area contributed by atoms with E-state index in [0.717, 1.165) is 0 Å². The van der Waals surface area contributed by atoms with Crippen LogP contribution in [-0.4, -0.2) is 35.5 Å². The second-order valence-corrected chi connectivity index (χ2v) is 3.19. The fourth-order valence-electron chi connectivity index (χ4n) is 0.243. The van der Waals surface area contributed by atoms with E-state index in [-0.39, 0.29) is 18.6 Å². The molecule has 0 spiro atoms. The quantitative estimate of drug-likeness (QED) is 0.718. The fraction of sp³-hybridized carbons (Fsp3) is 1.00. The van der Waals surface area contributed by atoms with Crippen molar-refractivity contribution in [1.82, 2.24) is 0 Å². The first-order valence-electron chi connectivity index (χ1n) is 2.96. The van der Waals surface area contributed by atoms with Crippen LogP contribution in [-0.2, 0) is 0 Å². The lowest BCUT2D eigenvalue weighted by atomic mass is 9.97. The van der Waals surface area contributed by atoms with E-state index >= 15 is 0 Å². The Morgan fingerprint density at radius 2 is 1.89 bits per heavy atom. The summed E-state index contributed by atoms with van der Waals surface area (Å²) in [6.07, 6.45) is 0. The maximum absolute atomic E-state index is 8.88. The number of aliphatic hydroxyl groups is 2. The molecule has 0 atom stereocenters. The van der Waals surface area contributed by atoms with Gasteiger partial charge in [0, 0.05) is 16.1 Å². The second-order valence-electron chi connectivity index (χ2n) is 2.07. The molecule has 0 rings (SSSR count). The van der Waals surface area contributed by atoms with Gasteiger partial charge in [0.05, 0.1) is 13.2 Å². The van der Waals surface area contributed by atoms with Gasteiger partial charge >= 0.3 is 0 Å². The van der Waals surface area contributed by atoms with Crippen LogP contribution in [0.25, 0.3) is 0 Å². The molecule has 4 heteroatoms. The van der Waals surface area contributed by atoms with Crippen molar-refractivity contribution in [2.24, 2.45) is 5.41 Å². The van der Waals surface area contributed by atoms with E-state index in [1.165, 1.54) is 0 Å². The summed E-state index contributed by atoms with van der Waals surface area (Å²) >= 11 is 6.48. The molecule has 2 N–H and O–H groups in total. The largest absolute Gasteiger partial charge is 0.396 e. The predicted molar refractivity (Wildman–Crippen MR) is 44.2 cm³/mol. The van der Waals surface area contributed by atoms with E-state index in [2.05, 4.69) is 37.0 Å². The predicted octanol–water partition coefficient (Wildman–Crippen LogP) is 0.747. The Bertz CT molecular complexity index is 79.5. The Hall–Kier alpha value is 0.880. The highest BCUT2D eigenvalue weighted by molar-refractivity contribution is 9.09. The average Bonchev–Trinajstić information content (AvgIpc) is 2.01. The third-order valence-electron chi connectivity index (χ3n) is 1.21. The van der Waals surface area contributed by atoms with Gasteiger partial charge in [-0.3, -0.25) is 0 Å². The van der Waals surface area contributed by atoms with Gasteiger partial charge in [-0.05, 0) is 0 Å². The zero-order valence-corrected chi connectivity index (χ0v) is 8.11. The van der Waals surface area contributed by atoms with Gasteiger partial charge in [0.25, 0.3) is 0 Å². The molecule has 0 aliphatic rings. The molecule has 9 heavy (non-hydrogen) atoms. The highest BCUT2D eigenvalue weighted by Gasteiger charge is 2.25. The number of halogens is 2. The molecule has 0 heterocycles. The Labute approximate surface area is 73.0 Å². The SMILES string of the molecule is [2H]OCC(CO)(CBr)CBr. The van der Waals surface area contributed by atoms with Crippen molar-refractivity contribution in [1.29, 1.82) is 1.43 Å². The Kier molecular flexibility index (Phi) is 4.13. The molecule has 2 nitrogen and oxygen atoms in total. The maximum Gasteiger partial charge on any atom is 0.210 e. The van der Waals surface area contributed by atoms with Crippen LogP contribution in [0.4, 0.5) is 0 Å². The first-order valence-corrected chi connectivity index (χ1v) is 4.80. The number of rotatable bonds is 5. The minimum atomic E-state index is -0.345. The first-order chi connectivity index (χ1) is 4.74. The lowest BCUT2D eigenvalue weighted by molar-refractivity contribution is 0.0952. The maximum atomic E-state index is 8.88. The molecule has 0 radical (unpaired) electrons. The molecule has 0 saturated heterocycles. The minimum Gasteiger partial charge on any atom is -0.396 e. The van der Waals surface area contributed by atoms with Crippen molar-refractivity contribution in [2.45, 2.75) is 0 Å². The van der Waals surface area contributed by atoms with Gasteiger partial charge in [0.15, 0.2) is 0 Å². The zero-order valence-electron chi connectivity index (χ0n) is 5.94. The van der Waals surface area contributed by atoms with Crippen LogP contribution in [0.15, 0.2) is 0 Å².